The first-order valence-electron chi connectivity index (χ1n) is 9.50. The van der Waals surface area contributed by atoms with Crippen molar-refractivity contribution in [1.29, 1.82) is 0 Å². The van der Waals surface area contributed by atoms with Gasteiger partial charge in [0, 0.05) is 49.4 Å². The van der Waals surface area contributed by atoms with E-state index in [0.29, 0.717) is 6.42 Å². The van der Waals surface area contributed by atoms with Gasteiger partial charge in [-0.1, -0.05) is 37.6 Å². The number of anilines is 1. The molecule has 0 unspecified atom stereocenters. The van der Waals surface area contributed by atoms with Crippen LogP contribution in [0.4, 0.5) is 5.82 Å². The molecule has 3 rings (SSSR count). The van der Waals surface area contributed by atoms with E-state index in [1.807, 2.05) is 17.9 Å². The Balaban J connectivity index is 1.92. The molecule has 1 aliphatic heterocycles. The van der Waals surface area contributed by atoms with E-state index in [-0.39, 0.29) is 5.91 Å². The van der Waals surface area contributed by atoms with Crippen LogP contribution in [-0.4, -0.2) is 47.0 Å². The molecule has 1 fully saturated rings. The van der Waals surface area contributed by atoms with E-state index in [1.165, 1.54) is 11.1 Å². The zero-order valence-electron chi connectivity index (χ0n) is 16.2. The lowest BCUT2D eigenvalue weighted by Gasteiger charge is -2.36. The predicted molar refractivity (Wildman–Crippen MR) is 105 cm³/mol. The van der Waals surface area contributed by atoms with Gasteiger partial charge in [-0.3, -0.25) is 4.79 Å². The van der Waals surface area contributed by atoms with E-state index in [1.54, 1.807) is 0 Å². The summed E-state index contributed by atoms with van der Waals surface area (Å²) in [4.78, 5) is 25.9. The van der Waals surface area contributed by atoms with Crippen molar-refractivity contribution in [2.75, 3.05) is 31.1 Å². The predicted octanol–water partition coefficient (Wildman–Crippen LogP) is 3.38. The highest BCUT2D eigenvalue weighted by molar-refractivity contribution is 5.76. The average Bonchev–Trinajstić information content (AvgIpc) is 2.67. The molecule has 138 valence electrons. The molecule has 0 spiro atoms. The summed E-state index contributed by atoms with van der Waals surface area (Å²) < 4.78 is 0. The summed E-state index contributed by atoms with van der Waals surface area (Å²) in [6.07, 6.45) is 1.48. The molecule has 1 aromatic heterocycles. The van der Waals surface area contributed by atoms with Crippen LogP contribution in [0.15, 0.2) is 24.3 Å². The highest BCUT2D eigenvalue weighted by atomic mass is 16.2. The van der Waals surface area contributed by atoms with E-state index in [2.05, 4.69) is 43.9 Å². The first-order valence-corrected chi connectivity index (χ1v) is 9.50. The largest absolute Gasteiger partial charge is 0.353 e. The van der Waals surface area contributed by atoms with Gasteiger partial charge in [-0.25, -0.2) is 9.97 Å². The van der Waals surface area contributed by atoms with Gasteiger partial charge < -0.3 is 9.80 Å². The summed E-state index contributed by atoms with van der Waals surface area (Å²) in [5.74, 6) is 2.05. The Morgan fingerprint density at radius 3 is 2.42 bits per heavy atom. The number of carbonyl (C=O) groups excluding carboxylic acids is 1. The Labute approximate surface area is 156 Å². The molecule has 5 nitrogen and oxygen atoms in total. The second kappa shape index (κ2) is 7.85. The average molecular weight is 352 g/mol. The fourth-order valence-corrected chi connectivity index (χ4v) is 3.56. The van der Waals surface area contributed by atoms with Crippen LogP contribution < -0.4 is 4.90 Å². The maximum Gasteiger partial charge on any atom is 0.222 e. The number of amides is 1. The summed E-state index contributed by atoms with van der Waals surface area (Å²) in [6, 6.07) is 8.32. The molecule has 1 saturated heterocycles. The summed E-state index contributed by atoms with van der Waals surface area (Å²) in [7, 11) is 0. The molecule has 0 bridgehead atoms. The number of benzene rings is 1. The lowest BCUT2D eigenvalue weighted by molar-refractivity contribution is -0.131. The molecule has 26 heavy (non-hydrogen) atoms. The van der Waals surface area contributed by atoms with E-state index < -0.39 is 0 Å². The topological polar surface area (TPSA) is 49.3 Å². The van der Waals surface area contributed by atoms with Gasteiger partial charge in [-0.05, 0) is 26.3 Å². The first-order chi connectivity index (χ1) is 12.5. The number of hydrogen-bond acceptors (Lipinski definition) is 4. The maximum atomic E-state index is 11.9. The van der Waals surface area contributed by atoms with Crippen molar-refractivity contribution in [2.24, 2.45) is 0 Å². The minimum atomic E-state index is 0.236. The SMILES string of the molecule is CCC(=O)N1CCN(c2nc(-c3cccc(C)c3)nc(C)c2CC)CC1. The smallest absolute Gasteiger partial charge is 0.222 e. The molecule has 0 saturated carbocycles. The number of carbonyl (C=O) groups is 1. The fourth-order valence-electron chi connectivity index (χ4n) is 3.56. The monoisotopic (exact) mass is 352 g/mol. The molecule has 1 aromatic carbocycles. The van der Waals surface area contributed by atoms with Gasteiger partial charge in [-0.2, -0.15) is 0 Å². The molecule has 1 amide bonds. The Kier molecular flexibility index (Phi) is 5.55. The van der Waals surface area contributed by atoms with Gasteiger partial charge >= 0.3 is 0 Å². The zero-order valence-corrected chi connectivity index (χ0v) is 16.2. The Morgan fingerprint density at radius 2 is 1.81 bits per heavy atom. The lowest BCUT2D eigenvalue weighted by atomic mass is 10.1. The number of hydrogen-bond donors (Lipinski definition) is 0. The first kappa shape index (κ1) is 18.4. The van der Waals surface area contributed by atoms with Gasteiger partial charge in [-0.15, -0.1) is 0 Å². The van der Waals surface area contributed by atoms with Gasteiger partial charge in [0.05, 0.1) is 0 Å². The molecule has 1 aliphatic rings. The molecule has 0 atom stereocenters. The quantitative estimate of drug-likeness (QED) is 0.846. The Hall–Kier alpha value is -2.43. The summed E-state index contributed by atoms with van der Waals surface area (Å²) >= 11 is 0. The third-order valence-corrected chi connectivity index (χ3v) is 5.06. The summed E-state index contributed by atoms with van der Waals surface area (Å²) in [5, 5.41) is 0. The van der Waals surface area contributed by atoms with Gasteiger partial charge in [0.25, 0.3) is 0 Å². The Bertz CT molecular complexity index is 795. The highest BCUT2D eigenvalue weighted by Gasteiger charge is 2.24. The van der Waals surface area contributed by atoms with E-state index >= 15 is 0 Å². The fraction of sp³-hybridized carbons (Fsp3) is 0.476. The standard InChI is InChI=1S/C21H28N4O/c1-5-18-16(4)22-20(17-9-7-8-15(3)14-17)23-21(18)25-12-10-24(11-13-25)19(26)6-2/h7-9,14H,5-6,10-13H2,1-4H3. The molecule has 2 aromatic rings. The highest BCUT2D eigenvalue weighted by Crippen LogP contribution is 2.27. The number of nitrogens with zero attached hydrogens (tertiary/aromatic N) is 4. The van der Waals surface area contributed by atoms with Crippen molar-refractivity contribution in [1.82, 2.24) is 14.9 Å². The van der Waals surface area contributed by atoms with Crippen LogP contribution in [0.2, 0.25) is 0 Å². The minimum absolute atomic E-state index is 0.236. The molecular weight excluding hydrogens is 324 g/mol. The van der Waals surface area contributed by atoms with Crippen molar-refractivity contribution >= 4 is 11.7 Å². The third kappa shape index (κ3) is 3.71. The van der Waals surface area contributed by atoms with Crippen LogP contribution in [0.5, 0.6) is 0 Å². The van der Waals surface area contributed by atoms with Crippen LogP contribution in [0.25, 0.3) is 11.4 Å². The van der Waals surface area contributed by atoms with Crippen LogP contribution in [-0.2, 0) is 11.2 Å². The van der Waals surface area contributed by atoms with Crippen molar-refractivity contribution in [2.45, 2.75) is 40.5 Å². The van der Waals surface area contributed by atoms with Crippen molar-refractivity contribution in [3.8, 4) is 11.4 Å². The second-order valence-corrected chi connectivity index (χ2v) is 6.88. The van der Waals surface area contributed by atoms with Crippen LogP contribution in [0.1, 0.15) is 37.1 Å². The zero-order chi connectivity index (χ0) is 18.7. The van der Waals surface area contributed by atoms with Gasteiger partial charge in [0.2, 0.25) is 5.91 Å². The molecular formula is C21H28N4O. The van der Waals surface area contributed by atoms with Crippen LogP contribution in [0, 0.1) is 13.8 Å². The van der Waals surface area contributed by atoms with Crippen molar-refractivity contribution < 1.29 is 4.79 Å². The van der Waals surface area contributed by atoms with Crippen molar-refractivity contribution in [3.05, 3.63) is 41.1 Å². The lowest BCUT2D eigenvalue weighted by Crippen LogP contribution is -2.49. The van der Waals surface area contributed by atoms with E-state index in [9.17, 15) is 4.79 Å². The molecule has 0 aliphatic carbocycles. The second-order valence-electron chi connectivity index (χ2n) is 6.88. The molecule has 0 N–H and O–H groups in total. The third-order valence-electron chi connectivity index (χ3n) is 5.06. The number of rotatable bonds is 4. The molecule has 2 heterocycles. The van der Waals surface area contributed by atoms with Gasteiger partial charge in [0.1, 0.15) is 5.82 Å². The van der Waals surface area contributed by atoms with E-state index in [0.717, 1.165) is 55.5 Å². The molecule has 0 radical (unpaired) electrons. The Morgan fingerprint density at radius 1 is 1.08 bits per heavy atom. The minimum Gasteiger partial charge on any atom is -0.353 e. The van der Waals surface area contributed by atoms with Crippen LogP contribution >= 0.6 is 0 Å². The maximum absolute atomic E-state index is 11.9. The summed E-state index contributed by atoms with van der Waals surface area (Å²) in [5.41, 5.74) is 4.51. The number of aryl methyl sites for hydroxylation is 2. The summed E-state index contributed by atoms with van der Waals surface area (Å²) in [6.45, 7) is 11.4. The van der Waals surface area contributed by atoms with E-state index in [4.69, 9.17) is 9.97 Å². The van der Waals surface area contributed by atoms with Gasteiger partial charge in [0.15, 0.2) is 5.82 Å². The normalized spacial score (nSPS) is 14.6. The number of aromatic nitrogens is 2. The molecule has 5 heteroatoms. The van der Waals surface area contributed by atoms with Crippen LogP contribution in [0.3, 0.4) is 0 Å². The van der Waals surface area contributed by atoms with Crippen molar-refractivity contribution in [3.63, 3.8) is 0 Å². The number of piperazine rings is 1.